The predicted octanol–water partition coefficient (Wildman–Crippen LogP) is 3.57. The van der Waals surface area contributed by atoms with Crippen LogP contribution in [0.1, 0.15) is 20.8 Å². The van der Waals surface area contributed by atoms with Gasteiger partial charge in [-0.15, -0.1) is 5.10 Å². The Bertz CT molecular complexity index is 582. The highest BCUT2D eigenvalue weighted by atomic mass is 79.9. The standard InChI is InChI=1S/C9H5BrN2.C5H10O2/c10-7-3-1-6(2-4-7)8-5-12-9(8)11-12;1-5(2,3)7-4-6/h1-5H;4H,1-3H3. The van der Waals surface area contributed by atoms with Crippen molar-refractivity contribution < 1.29 is 9.53 Å². The van der Waals surface area contributed by atoms with Crippen molar-refractivity contribution in [3.63, 3.8) is 0 Å². The molecule has 0 aromatic heterocycles. The molecule has 1 aromatic carbocycles. The Labute approximate surface area is 120 Å². The molecule has 19 heavy (non-hydrogen) atoms. The molecule has 2 heterocycles. The van der Waals surface area contributed by atoms with Gasteiger partial charge in [0.05, 0.1) is 0 Å². The Balaban J connectivity index is 0.000000167. The molecule has 1 aromatic rings. The van der Waals surface area contributed by atoms with Gasteiger partial charge in [0.1, 0.15) is 5.60 Å². The second-order valence-electron chi connectivity index (χ2n) is 5.14. The zero-order valence-corrected chi connectivity index (χ0v) is 12.6. The normalized spacial score (nSPS) is 11.4. The van der Waals surface area contributed by atoms with Gasteiger partial charge < -0.3 is 4.74 Å². The summed E-state index contributed by atoms with van der Waals surface area (Å²) in [5.74, 6) is 1.12. The number of carbonyl (C=O) groups excluding carboxylic acids is 1. The topological polar surface area (TPSA) is 44.1 Å². The van der Waals surface area contributed by atoms with Crippen LogP contribution in [-0.2, 0) is 9.53 Å². The van der Waals surface area contributed by atoms with Crippen LogP contribution >= 0.6 is 15.9 Å². The first-order valence-electron chi connectivity index (χ1n) is 5.88. The number of aromatic nitrogens is 2. The number of halogens is 1. The highest BCUT2D eigenvalue weighted by Gasteiger charge is 2.24. The number of hydrogen-bond acceptors (Lipinski definition) is 3. The average Bonchev–Trinajstić information content (AvgIpc) is 2.92. The Hall–Kier alpha value is -1.62. The van der Waals surface area contributed by atoms with Crippen molar-refractivity contribution in [1.82, 2.24) is 9.78 Å². The number of nitrogens with zero attached hydrogens (tertiary/aromatic N) is 2. The minimum atomic E-state index is -0.318. The summed E-state index contributed by atoms with van der Waals surface area (Å²) in [6.45, 7) is 5.92. The van der Waals surface area contributed by atoms with Crippen molar-refractivity contribution in [2.75, 3.05) is 0 Å². The molecule has 0 amide bonds. The summed E-state index contributed by atoms with van der Waals surface area (Å²) in [4.78, 5) is 9.60. The number of carbonyl (C=O) groups is 1. The molecule has 0 saturated heterocycles. The third-order valence-corrected chi connectivity index (χ3v) is 2.96. The van der Waals surface area contributed by atoms with E-state index in [1.807, 2.05) is 43.8 Å². The monoisotopic (exact) mass is 322 g/mol. The maximum atomic E-state index is 9.60. The summed E-state index contributed by atoms with van der Waals surface area (Å²) in [5, 5.41) is 4.09. The van der Waals surface area contributed by atoms with E-state index in [2.05, 4.69) is 37.9 Å². The summed E-state index contributed by atoms with van der Waals surface area (Å²) in [7, 11) is 0. The third-order valence-electron chi connectivity index (χ3n) is 2.43. The summed E-state index contributed by atoms with van der Waals surface area (Å²) < 4.78 is 7.55. The molecule has 2 aliphatic rings. The quantitative estimate of drug-likeness (QED) is 0.677. The van der Waals surface area contributed by atoms with E-state index in [1.54, 1.807) is 0 Å². The minimum Gasteiger partial charge on any atom is -0.462 e. The van der Waals surface area contributed by atoms with E-state index in [1.165, 1.54) is 11.1 Å². The number of ether oxygens (including phenoxy) is 1. The summed E-state index contributed by atoms with van der Waals surface area (Å²) in [6, 6.07) is 8.27. The second kappa shape index (κ2) is 5.17. The van der Waals surface area contributed by atoms with Crippen molar-refractivity contribution in [3.8, 4) is 16.9 Å². The Morgan fingerprint density at radius 2 is 1.89 bits per heavy atom. The van der Waals surface area contributed by atoms with E-state index in [9.17, 15) is 4.79 Å². The van der Waals surface area contributed by atoms with E-state index in [-0.39, 0.29) is 5.60 Å². The number of fused-ring (bicyclic) bond motifs is 1. The third kappa shape index (κ3) is 3.67. The van der Waals surface area contributed by atoms with Gasteiger partial charge in [-0.2, -0.15) is 0 Å². The molecule has 0 saturated carbocycles. The fraction of sp³-hybridized carbons (Fsp3) is 0.286. The van der Waals surface area contributed by atoms with Gasteiger partial charge in [-0.05, 0) is 38.5 Å². The molecule has 0 unspecified atom stereocenters. The van der Waals surface area contributed by atoms with E-state index < -0.39 is 0 Å². The minimum absolute atomic E-state index is 0.318. The molecule has 5 heteroatoms. The lowest BCUT2D eigenvalue weighted by Crippen LogP contribution is -2.17. The fourth-order valence-corrected chi connectivity index (χ4v) is 1.70. The zero-order valence-electron chi connectivity index (χ0n) is 11.1. The summed E-state index contributed by atoms with van der Waals surface area (Å²) in [5.41, 5.74) is 2.18. The molecule has 4 nitrogen and oxygen atoms in total. The molecule has 100 valence electrons. The van der Waals surface area contributed by atoms with E-state index in [0.717, 1.165) is 10.3 Å². The van der Waals surface area contributed by atoms with Crippen molar-refractivity contribution in [3.05, 3.63) is 34.9 Å². The zero-order chi connectivity index (χ0) is 14.0. The van der Waals surface area contributed by atoms with Gasteiger partial charge in [-0.1, -0.05) is 28.1 Å². The second-order valence-corrected chi connectivity index (χ2v) is 6.06. The fourth-order valence-electron chi connectivity index (χ4n) is 1.44. The molecule has 0 atom stereocenters. The molecular formula is C14H15BrN2O2. The molecule has 0 spiro atoms. The van der Waals surface area contributed by atoms with Crippen LogP contribution in [0.4, 0.5) is 0 Å². The van der Waals surface area contributed by atoms with Crippen LogP contribution in [0, 0.1) is 0 Å². The van der Waals surface area contributed by atoms with Gasteiger partial charge in [-0.25, -0.2) is 4.68 Å². The van der Waals surface area contributed by atoms with Gasteiger partial charge in [0, 0.05) is 16.2 Å². The Morgan fingerprint density at radius 1 is 1.26 bits per heavy atom. The average molecular weight is 323 g/mol. The SMILES string of the molecule is Brc1ccc(-c2cn3nc2-3)cc1.CC(C)(C)OC=O. The van der Waals surface area contributed by atoms with E-state index >= 15 is 0 Å². The van der Waals surface area contributed by atoms with Crippen molar-refractivity contribution >= 4 is 22.4 Å². The predicted molar refractivity (Wildman–Crippen MR) is 77.2 cm³/mol. The first kappa shape index (κ1) is 13.8. The van der Waals surface area contributed by atoms with Gasteiger partial charge in [0.2, 0.25) is 0 Å². The molecule has 0 bridgehead atoms. The molecule has 0 aliphatic carbocycles. The van der Waals surface area contributed by atoms with Gasteiger partial charge >= 0.3 is 0 Å². The van der Waals surface area contributed by atoms with Crippen LogP contribution in [0.3, 0.4) is 0 Å². The Kier molecular flexibility index (Phi) is 3.75. The molecule has 0 N–H and O–H groups in total. The number of hydrogen-bond donors (Lipinski definition) is 0. The lowest BCUT2D eigenvalue weighted by molar-refractivity contribution is -0.138. The summed E-state index contributed by atoms with van der Waals surface area (Å²) >= 11 is 3.40. The maximum Gasteiger partial charge on any atom is 0.293 e. The van der Waals surface area contributed by atoms with Crippen LogP contribution < -0.4 is 0 Å². The van der Waals surface area contributed by atoms with Gasteiger partial charge in [-0.3, -0.25) is 4.79 Å². The van der Waals surface area contributed by atoms with Crippen molar-refractivity contribution in [2.45, 2.75) is 26.4 Å². The molecule has 0 fully saturated rings. The van der Waals surface area contributed by atoms with E-state index in [0.29, 0.717) is 6.47 Å². The maximum absolute atomic E-state index is 9.60. The van der Waals surface area contributed by atoms with Crippen LogP contribution in [0.15, 0.2) is 34.9 Å². The lowest BCUT2D eigenvalue weighted by atomic mass is 10.1. The van der Waals surface area contributed by atoms with Gasteiger partial charge in [0.25, 0.3) is 6.47 Å². The number of rotatable bonds is 2. The lowest BCUT2D eigenvalue weighted by Gasteiger charge is -2.14. The molecule has 3 rings (SSSR count). The Morgan fingerprint density at radius 3 is 2.21 bits per heavy atom. The van der Waals surface area contributed by atoms with E-state index in [4.69, 9.17) is 0 Å². The van der Waals surface area contributed by atoms with Crippen LogP contribution in [-0.4, -0.2) is 21.9 Å². The molecular weight excluding hydrogens is 308 g/mol. The first-order valence-corrected chi connectivity index (χ1v) is 6.67. The van der Waals surface area contributed by atoms with Gasteiger partial charge in [0.15, 0.2) is 5.82 Å². The van der Waals surface area contributed by atoms with Crippen LogP contribution in [0.5, 0.6) is 0 Å². The molecule has 0 radical (unpaired) electrons. The highest BCUT2D eigenvalue weighted by molar-refractivity contribution is 9.10. The molecule has 2 aliphatic heterocycles. The summed E-state index contributed by atoms with van der Waals surface area (Å²) in [6.07, 6.45) is 2.04. The highest BCUT2D eigenvalue weighted by Crippen LogP contribution is 2.35. The van der Waals surface area contributed by atoms with Crippen molar-refractivity contribution in [2.24, 2.45) is 0 Å². The largest absolute Gasteiger partial charge is 0.462 e. The number of benzene rings is 1. The van der Waals surface area contributed by atoms with Crippen LogP contribution in [0.2, 0.25) is 0 Å². The smallest absolute Gasteiger partial charge is 0.293 e. The first-order chi connectivity index (χ1) is 8.90. The van der Waals surface area contributed by atoms with Crippen molar-refractivity contribution in [1.29, 1.82) is 0 Å². The van der Waals surface area contributed by atoms with Crippen LogP contribution in [0.25, 0.3) is 16.9 Å².